The molecular formula is C17H21NO2. The third kappa shape index (κ3) is 3.36. The largest absolute Gasteiger partial charge is 0.496 e. The predicted molar refractivity (Wildman–Crippen MR) is 79.9 cm³/mol. The third-order valence-electron chi connectivity index (χ3n) is 3.38. The Kier molecular flexibility index (Phi) is 5.13. The van der Waals surface area contributed by atoms with Crippen LogP contribution in [0.2, 0.25) is 0 Å². The molecule has 0 aliphatic rings. The Morgan fingerprint density at radius 3 is 2.65 bits per heavy atom. The number of ether oxygens (including phenoxy) is 1. The summed E-state index contributed by atoms with van der Waals surface area (Å²) in [6, 6.07) is 11.4. The molecule has 0 bridgehead atoms. The Hall–Kier alpha value is -1.87. The minimum absolute atomic E-state index is 0.619. The predicted octanol–water partition coefficient (Wildman–Crippen LogP) is 3.51. The van der Waals surface area contributed by atoms with Crippen LogP contribution in [0.5, 0.6) is 5.75 Å². The normalized spacial score (nSPS) is 12.2. The topological polar surface area (TPSA) is 42.4 Å². The van der Waals surface area contributed by atoms with E-state index in [1.54, 1.807) is 7.11 Å². The van der Waals surface area contributed by atoms with Gasteiger partial charge in [0.05, 0.1) is 12.8 Å². The second kappa shape index (κ2) is 7.06. The van der Waals surface area contributed by atoms with Gasteiger partial charge in [-0.1, -0.05) is 43.7 Å². The summed E-state index contributed by atoms with van der Waals surface area (Å²) in [5.74, 6) is 0.804. The average Bonchev–Trinajstić information content (AvgIpc) is 2.52. The van der Waals surface area contributed by atoms with Crippen molar-refractivity contribution in [1.82, 2.24) is 4.98 Å². The summed E-state index contributed by atoms with van der Waals surface area (Å²) in [6.07, 6.45) is 4.30. The van der Waals surface area contributed by atoms with Crippen LogP contribution in [0, 0.1) is 0 Å². The molecule has 3 heteroatoms. The second-order valence-corrected chi connectivity index (χ2v) is 4.84. The number of nitrogens with zero attached hydrogens (tertiary/aromatic N) is 1. The quantitative estimate of drug-likeness (QED) is 0.874. The molecular weight excluding hydrogens is 250 g/mol. The fraction of sp³-hybridized carbons (Fsp3) is 0.353. The van der Waals surface area contributed by atoms with Gasteiger partial charge >= 0.3 is 0 Å². The molecule has 0 saturated heterocycles. The number of hydrogen-bond acceptors (Lipinski definition) is 3. The Labute approximate surface area is 120 Å². The molecule has 20 heavy (non-hydrogen) atoms. The molecule has 106 valence electrons. The van der Waals surface area contributed by atoms with Crippen molar-refractivity contribution in [2.75, 3.05) is 7.11 Å². The lowest BCUT2D eigenvalue weighted by molar-refractivity contribution is 0.214. The highest BCUT2D eigenvalue weighted by atomic mass is 16.5. The molecule has 1 unspecified atom stereocenters. The van der Waals surface area contributed by atoms with Crippen molar-refractivity contribution in [3.05, 3.63) is 59.4 Å². The Balaban J connectivity index is 2.25. The first-order valence-corrected chi connectivity index (χ1v) is 7.02. The van der Waals surface area contributed by atoms with Crippen molar-refractivity contribution in [3.8, 4) is 5.75 Å². The van der Waals surface area contributed by atoms with Crippen molar-refractivity contribution in [2.24, 2.45) is 0 Å². The van der Waals surface area contributed by atoms with Gasteiger partial charge in [-0.05, 0) is 18.4 Å². The zero-order valence-electron chi connectivity index (χ0n) is 12.0. The first-order valence-electron chi connectivity index (χ1n) is 7.02. The first kappa shape index (κ1) is 14.5. The van der Waals surface area contributed by atoms with Gasteiger partial charge in [0.15, 0.2) is 0 Å². The molecule has 3 nitrogen and oxygen atoms in total. The number of methoxy groups -OCH3 is 1. The van der Waals surface area contributed by atoms with Crippen molar-refractivity contribution in [1.29, 1.82) is 0 Å². The summed E-state index contributed by atoms with van der Waals surface area (Å²) >= 11 is 0. The molecule has 0 aliphatic heterocycles. The van der Waals surface area contributed by atoms with Gasteiger partial charge in [0.2, 0.25) is 0 Å². The second-order valence-electron chi connectivity index (χ2n) is 4.84. The van der Waals surface area contributed by atoms with Gasteiger partial charge in [0, 0.05) is 17.8 Å². The minimum Gasteiger partial charge on any atom is -0.496 e. The van der Waals surface area contributed by atoms with Crippen LogP contribution in [0.15, 0.2) is 42.6 Å². The van der Waals surface area contributed by atoms with E-state index in [1.807, 2.05) is 42.6 Å². The van der Waals surface area contributed by atoms with Gasteiger partial charge in [0.1, 0.15) is 11.9 Å². The fourth-order valence-corrected chi connectivity index (χ4v) is 2.18. The van der Waals surface area contributed by atoms with Crippen molar-refractivity contribution < 1.29 is 9.84 Å². The number of aliphatic hydroxyl groups is 1. The summed E-state index contributed by atoms with van der Waals surface area (Å²) in [6.45, 7) is 2.16. The lowest BCUT2D eigenvalue weighted by Crippen LogP contribution is -2.04. The fourth-order valence-electron chi connectivity index (χ4n) is 2.18. The summed E-state index contributed by atoms with van der Waals surface area (Å²) in [5, 5.41) is 10.4. The maximum absolute atomic E-state index is 10.4. The number of aliphatic hydroxyl groups excluding tert-OH is 1. The molecule has 0 fully saturated rings. The molecule has 2 rings (SSSR count). The van der Waals surface area contributed by atoms with Crippen LogP contribution in [-0.4, -0.2) is 17.2 Å². The van der Waals surface area contributed by atoms with E-state index < -0.39 is 6.10 Å². The highest BCUT2D eigenvalue weighted by molar-refractivity contribution is 5.36. The van der Waals surface area contributed by atoms with Gasteiger partial charge in [0.25, 0.3) is 0 Å². The number of aryl methyl sites for hydroxylation is 1. The number of hydrogen-bond donors (Lipinski definition) is 1. The monoisotopic (exact) mass is 271 g/mol. The van der Waals surface area contributed by atoms with Crippen LogP contribution in [-0.2, 0) is 6.42 Å². The molecule has 1 aromatic heterocycles. The average molecular weight is 271 g/mol. The van der Waals surface area contributed by atoms with Crippen LogP contribution in [0.3, 0.4) is 0 Å². The SMILES string of the molecule is CCCCc1cnc(C(O)c2ccccc2)cc1OC. The van der Waals surface area contributed by atoms with Crippen molar-refractivity contribution in [2.45, 2.75) is 32.3 Å². The number of aromatic nitrogens is 1. The third-order valence-corrected chi connectivity index (χ3v) is 3.38. The van der Waals surface area contributed by atoms with Crippen LogP contribution in [0.1, 0.15) is 42.7 Å². The lowest BCUT2D eigenvalue weighted by Gasteiger charge is -2.14. The summed E-state index contributed by atoms with van der Waals surface area (Å²) < 4.78 is 5.42. The van der Waals surface area contributed by atoms with E-state index in [2.05, 4.69) is 11.9 Å². The molecule has 1 heterocycles. The molecule has 2 aromatic rings. The Bertz CT molecular complexity index is 540. The molecule has 1 N–H and O–H groups in total. The van der Waals surface area contributed by atoms with Crippen molar-refractivity contribution >= 4 is 0 Å². The molecule has 0 saturated carbocycles. The minimum atomic E-state index is -0.717. The van der Waals surface area contributed by atoms with E-state index in [-0.39, 0.29) is 0 Å². The highest BCUT2D eigenvalue weighted by Gasteiger charge is 2.14. The van der Waals surface area contributed by atoms with Crippen molar-refractivity contribution in [3.63, 3.8) is 0 Å². The maximum atomic E-state index is 10.4. The van der Waals surface area contributed by atoms with Gasteiger partial charge in [-0.3, -0.25) is 4.98 Å². The lowest BCUT2D eigenvalue weighted by atomic mass is 10.0. The van der Waals surface area contributed by atoms with E-state index in [0.717, 1.165) is 36.1 Å². The first-order chi connectivity index (χ1) is 9.76. The van der Waals surface area contributed by atoms with E-state index in [0.29, 0.717) is 5.69 Å². The summed E-state index contributed by atoms with van der Waals surface area (Å²) in [5.41, 5.74) is 2.55. The number of rotatable bonds is 6. The van der Waals surface area contributed by atoms with Crippen LogP contribution < -0.4 is 4.74 Å². The van der Waals surface area contributed by atoms with Gasteiger partial charge in [-0.2, -0.15) is 0 Å². The van der Waals surface area contributed by atoms with E-state index in [9.17, 15) is 5.11 Å². The number of pyridine rings is 1. The molecule has 1 aromatic carbocycles. The molecule has 0 radical (unpaired) electrons. The van der Waals surface area contributed by atoms with Crippen LogP contribution >= 0.6 is 0 Å². The highest BCUT2D eigenvalue weighted by Crippen LogP contribution is 2.26. The number of unbranched alkanes of at least 4 members (excludes halogenated alkanes) is 1. The van der Waals surface area contributed by atoms with Gasteiger partial charge < -0.3 is 9.84 Å². The van der Waals surface area contributed by atoms with Crippen LogP contribution in [0.4, 0.5) is 0 Å². The van der Waals surface area contributed by atoms with E-state index in [4.69, 9.17) is 4.74 Å². The number of benzene rings is 1. The van der Waals surface area contributed by atoms with Gasteiger partial charge in [-0.15, -0.1) is 0 Å². The smallest absolute Gasteiger partial charge is 0.125 e. The standard InChI is InChI=1S/C17H21NO2/c1-3-4-8-14-12-18-15(11-16(14)20-2)17(19)13-9-6-5-7-10-13/h5-7,9-12,17,19H,3-4,8H2,1-2H3. The van der Waals surface area contributed by atoms with Crippen LogP contribution in [0.25, 0.3) is 0 Å². The molecule has 1 atom stereocenters. The zero-order valence-corrected chi connectivity index (χ0v) is 12.0. The van der Waals surface area contributed by atoms with E-state index in [1.165, 1.54) is 0 Å². The molecule has 0 amide bonds. The summed E-state index contributed by atoms with van der Waals surface area (Å²) in [7, 11) is 1.66. The molecule has 0 spiro atoms. The van der Waals surface area contributed by atoms with E-state index >= 15 is 0 Å². The maximum Gasteiger partial charge on any atom is 0.125 e. The van der Waals surface area contributed by atoms with Gasteiger partial charge in [-0.25, -0.2) is 0 Å². The Morgan fingerprint density at radius 2 is 2.00 bits per heavy atom. The summed E-state index contributed by atoms with van der Waals surface area (Å²) in [4.78, 5) is 4.39. The Morgan fingerprint density at radius 1 is 1.25 bits per heavy atom. The zero-order chi connectivity index (χ0) is 14.4. The molecule has 0 aliphatic carbocycles.